The number of amides is 3. The van der Waals surface area contributed by atoms with Crippen molar-refractivity contribution in [1.82, 2.24) is 34.6 Å². The van der Waals surface area contributed by atoms with E-state index in [1.165, 1.54) is 7.11 Å². The number of anilines is 1. The first kappa shape index (κ1) is 28.1. The van der Waals surface area contributed by atoms with Gasteiger partial charge in [0.05, 0.1) is 36.1 Å². The van der Waals surface area contributed by atoms with Gasteiger partial charge in [-0.2, -0.15) is 0 Å². The van der Waals surface area contributed by atoms with E-state index in [2.05, 4.69) is 48.4 Å². The van der Waals surface area contributed by atoms with Gasteiger partial charge in [-0.15, -0.1) is 11.3 Å². The summed E-state index contributed by atoms with van der Waals surface area (Å²) in [6.45, 7) is 5.98. The lowest BCUT2D eigenvalue weighted by atomic mass is 10.1. The first-order valence-electron chi connectivity index (χ1n) is 13.4. The minimum atomic E-state index is -0.783. The maximum atomic E-state index is 13.2. The van der Waals surface area contributed by atoms with Crippen LogP contribution in [0.4, 0.5) is 10.6 Å². The summed E-state index contributed by atoms with van der Waals surface area (Å²) in [6.07, 6.45) is 3.23. The zero-order valence-electron chi connectivity index (χ0n) is 22.5. The summed E-state index contributed by atoms with van der Waals surface area (Å²) in [5, 5.41) is 0. The minimum absolute atomic E-state index is 0.172. The number of aromatic nitrogens is 4. The Hall–Kier alpha value is -3.02. The number of carbonyl (C=O) groups is 3. The summed E-state index contributed by atoms with van der Waals surface area (Å²) in [4.78, 5) is 64.3. The van der Waals surface area contributed by atoms with E-state index in [9.17, 15) is 14.4 Å². The quantitative estimate of drug-likeness (QED) is 0.287. The lowest BCUT2D eigenvalue weighted by molar-refractivity contribution is -0.141. The second-order valence-electron chi connectivity index (χ2n) is 10.0. The normalized spacial score (nSPS) is 20.2. The average Bonchev–Trinajstić information content (AvgIpc) is 3.59. The Morgan fingerprint density at radius 2 is 1.83 bits per heavy atom. The largest absolute Gasteiger partial charge is 0.452 e. The van der Waals surface area contributed by atoms with Crippen LogP contribution in [0.25, 0.3) is 21.6 Å². The number of thiophene rings is 1. The van der Waals surface area contributed by atoms with Gasteiger partial charge in [0.15, 0.2) is 15.5 Å². The predicted molar refractivity (Wildman–Crippen MR) is 158 cm³/mol. The molecule has 0 saturated carbocycles. The molecule has 0 N–H and O–H groups in total. The molecule has 13 nitrogen and oxygen atoms in total. The third kappa shape index (κ3) is 5.85. The van der Waals surface area contributed by atoms with Crippen LogP contribution in [0, 0.1) is 3.83 Å². The SMILES string of the molecule is COC(=O)N1C(=O)CC[C@H]1C(=O)N1CCN(Cc2cc3nc(-c4cnc(I)nc4)nc(N4CCOCC4)c3s2)CC1. The molecule has 3 fully saturated rings. The minimum Gasteiger partial charge on any atom is -0.452 e. The summed E-state index contributed by atoms with van der Waals surface area (Å²) >= 11 is 3.77. The first-order valence-corrected chi connectivity index (χ1v) is 15.3. The molecule has 0 radical (unpaired) electrons. The summed E-state index contributed by atoms with van der Waals surface area (Å²) in [5.41, 5.74) is 1.66. The Labute approximate surface area is 254 Å². The Balaban J connectivity index is 1.17. The van der Waals surface area contributed by atoms with E-state index in [1.807, 2.05) is 0 Å². The van der Waals surface area contributed by atoms with Crippen LogP contribution >= 0.6 is 33.9 Å². The Kier molecular flexibility index (Phi) is 8.28. The molecule has 0 aromatic carbocycles. The number of methoxy groups -OCH3 is 1. The summed E-state index contributed by atoms with van der Waals surface area (Å²) < 4.78 is 12.0. The second kappa shape index (κ2) is 12.1. The van der Waals surface area contributed by atoms with Crippen molar-refractivity contribution in [2.24, 2.45) is 0 Å². The van der Waals surface area contributed by atoms with Gasteiger partial charge in [0.1, 0.15) is 6.04 Å². The fraction of sp³-hybridized carbons (Fsp3) is 0.500. The molecular weight excluding hydrogens is 663 g/mol. The molecule has 3 aliphatic heterocycles. The highest BCUT2D eigenvalue weighted by molar-refractivity contribution is 14.1. The van der Waals surface area contributed by atoms with Crippen LogP contribution in [0.5, 0.6) is 0 Å². The molecule has 0 spiro atoms. The van der Waals surface area contributed by atoms with Gasteiger partial charge in [-0.05, 0) is 12.5 Å². The third-order valence-electron chi connectivity index (χ3n) is 7.53. The van der Waals surface area contributed by atoms with Crippen molar-refractivity contribution in [3.63, 3.8) is 0 Å². The molecule has 3 aromatic heterocycles. The van der Waals surface area contributed by atoms with E-state index in [-0.39, 0.29) is 18.2 Å². The van der Waals surface area contributed by atoms with Crippen molar-refractivity contribution in [1.29, 1.82) is 0 Å². The van der Waals surface area contributed by atoms with Crippen LogP contribution in [0.2, 0.25) is 0 Å². The van der Waals surface area contributed by atoms with Crippen molar-refractivity contribution in [2.45, 2.75) is 25.4 Å². The van der Waals surface area contributed by atoms with Crippen LogP contribution in [-0.2, 0) is 25.6 Å². The number of hydrogen-bond donors (Lipinski definition) is 0. The number of piperazine rings is 1. The number of halogens is 1. The number of hydrogen-bond acceptors (Lipinski definition) is 12. The number of likely N-dealkylation sites (tertiary alicyclic amines) is 1. The molecule has 15 heteroatoms. The summed E-state index contributed by atoms with van der Waals surface area (Å²) in [6, 6.07) is 1.34. The van der Waals surface area contributed by atoms with Crippen molar-refractivity contribution >= 4 is 67.9 Å². The highest BCUT2D eigenvalue weighted by atomic mass is 127. The van der Waals surface area contributed by atoms with Crippen molar-refractivity contribution in [2.75, 3.05) is 64.5 Å². The monoisotopic (exact) mass is 692 g/mol. The number of fused-ring (bicyclic) bond motifs is 1. The molecule has 6 rings (SSSR count). The molecule has 3 amide bonds. The van der Waals surface area contributed by atoms with Crippen molar-refractivity contribution in [3.05, 3.63) is 27.2 Å². The lowest BCUT2D eigenvalue weighted by Crippen LogP contribution is -2.54. The Bertz CT molecular complexity index is 1460. The van der Waals surface area contributed by atoms with Crippen LogP contribution in [0.15, 0.2) is 18.5 Å². The van der Waals surface area contributed by atoms with Gasteiger partial charge in [-0.25, -0.2) is 29.6 Å². The van der Waals surface area contributed by atoms with E-state index in [4.69, 9.17) is 19.4 Å². The molecule has 41 heavy (non-hydrogen) atoms. The first-order chi connectivity index (χ1) is 19.9. The number of nitrogens with zero attached hydrogens (tertiary/aromatic N) is 8. The molecule has 0 bridgehead atoms. The van der Waals surface area contributed by atoms with Gasteiger partial charge >= 0.3 is 6.09 Å². The molecular formula is C26H29IN8O5S. The fourth-order valence-electron chi connectivity index (χ4n) is 5.39. The molecule has 3 aliphatic rings. The summed E-state index contributed by atoms with van der Waals surface area (Å²) in [7, 11) is 1.22. The van der Waals surface area contributed by atoms with Gasteiger partial charge in [0.2, 0.25) is 11.8 Å². The maximum absolute atomic E-state index is 13.2. The average molecular weight is 693 g/mol. The summed E-state index contributed by atoms with van der Waals surface area (Å²) in [5.74, 6) is 0.939. The second-order valence-corrected chi connectivity index (χ2v) is 12.1. The highest BCUT2D eigenvalue weighted by Gasteiger charge is 2.43. The van der Waals surface area contributed by atoms with E-state index in [0.29, 0.717) is 55.5 Å². The van der Waals surface area contributed by atoms with Gasteiger partial charge in [0.25, 0.3) is 0 Å². The number of rotatable bonds is 5. The molecule has 0 aliphatic carbocycles. The highest BCUT2D eigenvalue weighted by Crippen LogP contribution is 2.35. The van der Waals surface area contributed by atoms with Crippen LogP contribution in [0.1, 0.15) is 17.7 Å². The topological polar surface area (TPSA) is 134 Å². The predicted octanol–water partition coefficient (Wildman–Crippen LogP) is 1.99. The zero-order valence-corrected chi connectivity index (χ0v) is 25.5. The number of imide groups is 1. The smallest absolute Gasteiger partial charge is 0.416 e. The van der Waals surface area contributed by atoms with E-state index in [0.717, 1.165) is 51.0 Å². The number of morpholine rings is 1. The molecule has 3 aromatic rings. The van der Waals surface area contributed by atoms with Gasteiger partial charge in [-0.1, -0.05) is 0 Å². The molecule has 6 heterocycles. The number of carbonyl (C=O) groups excluding carboxylic acids is 3. The van der Waals surface area contributed by atoms with Gasteiger partial charge in [-0.3, -0.25) is 14.5 Å². The Morgan fingerprint density at radius 1 is 1.10 bits per heavy atom. The standard InChI is InChI=1S/C26H29IN8O5S/c1-39-26(38)35-19(2-3-20(35)36)24(37)34-6-4-32(5-7-34)15-17-12-18-21(41-17)23(33-8-10-40-11-9-33)31-22(30-18)16-13-28-25(27)29-14-16/h12-14,19H,2-11,15H2,1H3/t19-/m0/s1. The third-order valence-corrected chi connectivity index (χ3v) is 9.19. The van der Waals surface area contributed by atoms with Crippen molar-refractivity contribution in [3.8, 4) is 11.4 Å². The molecule has 3 saturated heterocycles. The van der Waals surface area contributed by atoms with Crippen LogP contribution < -0.4 is 4.90 Å². The van der Waals surface area contributed by atoms with Gasteiger partial charge in [0, 0.05) is 92.1 Å². The van der Waals surface area contributed by atoms with Crippen LogP contribution in [0.3, 0.4) is 0 Å². The van der Waals surface area contributed by atoms with E-state index in [1.54, 1.807) is 28.6 Å². The zero-order chi connectivity index (χ0) is 28.5. The molecule has 216 valence electrons. The molecule has 1 atom stereocenters. The van der Waals surface area contributed by atoms with E-state index < -0.39 is 12.1 Å². The fourth-order valence-corrected chi connectivity index (χ4v) is 6.82. The maximum Gasteiger partial charge on any atom is 0.416 e. The number of ether oxygens (including phenoxy) is 2. The van der Waals surface area contributed by atoms with Crippen molar-refractivity contribution < 1.29 is 23.9 Å². The van der Waals surface area contributed by atoms with E-state index >= 15 is 0 Å². The van der Waals surface area contributed by atoms with Crippen LogP contribution in [-0.4, -0.2) is 118 Å². The Morgan fingerprint density at radius 3 is 2.54 bits per heavy atom. The molecule has 0 unspecified atom stereocenters. The van der Waals surface area contributed by atoms with Gasteiger partial charge < -0.3 is 19.3 Å². The lowest BCUT2D eigenvalue weighted by Gasteiger charge is -2.36.